The standard InChI is InChI=1S/C23H18Br2ClN3O6/c24-17-9-15-16(10-18(17)25)23(33)28(22(15)32)27(21(31)14-6-1-2-7-19(14)26)11-20(30)12-4-3-5-13(8-12)29(34)35/h1-8,15-18H,9-11H2/t15-,16-,17+,18+/m1/s1. The minimum atomic E-state index is -0.805. The fraction of sp³-hybridized carbons (Fsp3) is 0.304. The molecule has 3 amide bonds. The van der Waals surface area contributed by atoms with E-state index < -0.39 is 46.8 Å². The van der Waals surface area contributed by atoms with Gasteiger partial charge < -0.3 is 0 Å². The second-order valence-electron chi connectivity index (χ2n) is 8.28. The minimum absolute atomic E-state index is 0.00761. The van der Waals surface area contributed by atoms with Gasteiger partial charge in [-0.05, 0) is 25.0 Å². The molecule has 2 aromatic rings. The Morgan fingerprint density at radius 1 is 1.03 bits per heavy atom. The molecule has 35 heavy (non-hydrogen) atoms. The number of hydrazine groups is 1. The molecule has 4 rings (SSSR count). The van der Waals surface area contributed by atoms with Gasteiger partial charge in [-0.1, -0.05) is 67.7 Å². The summed E-state index contributed by atoms with van der Waals surface area (Å²) in [6, 6.07) is 11.1. The minimum Gasteiger partial charge on any atom is -0.292 e. The van der Waals surface area contributed by atoms with Crippen molar-refractivity contribution in [2.24, 2.45) is 11.8 Å². The molecule has 0 spiro atoms. The van der Waals surface area contributed by atoms with Crippen LogP contribution in [0.4, 0.5) is 5.69 Å². The average Bonchev–Trinajstić information content (AvgIpc) is 3.06. The van der Waals surface area contributed by atoms with Gasteiger partial charge in [-0.3, -0.25) is 29.3 Å². The number of amides is 3. The summed E-state index contributed by atoms with van der Waals surface area (Å²) >= 11 is 13.2. The third-order valence-electron chi connectivity index (χ3n) is 6.14. The van der Waals surface area contributed by atoms with Crippen molar-refractivity contribution in [3.63, 3.8) is 0 Å². The maximum absolute atomic E-state index is 13.5. The number of carbonyl (C=O) groups excluding carboxylic acids is 4. The monoisotopic (exact) mass is 625 g/mol. The molecular formula is C23H18Br2ClN3O6. The van der Waals surface area contributed by atoms with Crippen LogP contribution in [0.3, 0.4) is 0 Å². The lowest BCUT2D eigenvalue weighted by Gasteiger charge is -2.30. The number of nitro benzene ring substituents is 1. The van der Waals surface area contributed by atoms with Crippen LogP contribution in [-0.2, 0) is 9.59 Å². The third-order valence-corrected chi connectivity index (χ3v) is 9.20. The first-order chi connectivity index (χ1) is 16.6. The van der Waals surface area contributed by atoms with Crippen molar-refractivity contribution in [3.8, 4) is 0 Å². The third kappa shape index (κ3) is 4.89. The molecule has 1 saturated carbocycles. The van der Waals surface area contributed by atoms with Gasteiger partial charge in [-0.15, -0.1) is 0 Å². The molecule has 2 aliphatic rings. The van der Waals surface area contributed by atoms with Gasteiger partial charge in [0, 0.05) is 27.4 Å². The molecule has 9 nitrogen and oxygen atoms in total. The summed E-state index contributed by atoms with van der Waals surface area (Å²) in [7, 11) is 0. The van der Waals surface area contributed by atoms with Gasteiger partial charge in [-0.2, -0.15) is 5.01 Å². The van der Waals surface area contributed by atoms with E-state index in [0.717, 1.165) is 16.1 Å². The number of halogens is 3. The lowest BCUT2D eigenvalue weighted by molar-refractivity contribution is -0.384. The SMILES string of the molecule is O=C(CN(C(=O)c1ccccc1Cl)N1C(=O)[C@@H]2C[C@H](Br)[C@@H](Br)C[C@H]2C1=O)c1cccc([N+](=O)[O-])c1. The molecule has 2 fully saturated rings. The first-order valence-corrected chi connectivity index (χ1v) is 12.8. The number of ketones is 1. The number of benzene rings is 2. The largest absolute Gasteiger partial charge is 0.292 e. The Hall–Kier alpha value is -2.63. The maximum atomic E-state index is 13.5. The first-order valence-electron chi connectivity index (χ1n) is 10.6. The Labute approximate surface area is 221 Å². The number of fused-ring (bicyclic) bond motifs is 1. The molecule has 4 atom stereocenters. The van der Waals surface area contributed by atoms with Crippen LogP contribution in [0.25, 0.3) is 0 Å². The number of alkyl halides is 2. The zero-order valence-corrected chi connectivity index (χ0v) is 21.9. The molecule has 1 aliphatic carbocycles. The summed E-state index contributed by atoms with van der Waals surface area (Å²) in [5.74, 6) is -3.92. The van der Waals surface area contributed by atoms with Crippen molar-refractivity contribution in [1.29, 1.82) is 0 Å². The number of nitro groups is 1. The summed E-state index contributed by atoms with van der Waals surface area (Å²) in [6.07, 6.45) is 0.767. The summed E-state index contributed by atoms with van der Waals surface area (Å²) in [5, 5.41) is 12.8. The second-order valence-corrected chi connectivity index (χ2v) is 11.0. The van der Waals surface area contributed by atoms with Crippen LogP contribution in [0, 0.1) is 22.0 Å². The van der Waals surface area contributed by atoms with Crippen molar-refractivity contribution in [3.05, 3.63) is 74.8 Å². The van der Waals surface area contributed by atoms with Crippen LogP contribution >= 0.6 is 43.5 Å². The van der Waals surface area contributed by atoms with E-state index in [9.17, 15) is 29.3 Å². The maximum Gasteiger partial charge on any atom is 0.274 e. The molecule has 182 valence electrons. The average molecular weight is 628 g/mol. The van der Waals surface area contributed by atoms with Crippen molar-refractivity contribution >= 4 is 72.7 Å². The number of Topliss-reactive ketones (excluding diaryl/α,β-unsaturated/α-hetero) is 1. The molecule has 0 unspecified atom stereocenters. The predicted octanol–water partition coefficient (Wildman–Crippen LogP) is 4.41. The lowest BCUT2D eigenvalue weighted by Crippen LogP contribution is -2.52. The van der Waals surface area contributed by atoms with E-state index in [0.29, 0.717) is 12.8 Å². The van der Waals surface area contributed by atoms with Gasteiger partial charge in [0.1, 0.15) is 6.54 Å². The summed E-state index contributed by atoms with van der Waals surface area (Å²) in [5.41, 5.74) is -0.326. The first kappa shape index (κ1) is 25.5. The Morgan fingerprint density at radius 3 is 2.20 bits per heavy atom. The van der Waals surface area contributed by atoms with Crippen LogP contribution in [0.15, 0.2) is 48.5 Å². The summed E-state index contributed by atoms with van der Waals surface area (Å²) < 4.78 is 0. The zero-order valence-electron chi connectivity index (χ0n) is 18.0. The number of hydrogen-bond donors (Lipinski definition) is 0. The van der Waals surface area contributed by atoms with Gasteiger partial charge in [0.05, 0.1) is 27.3 Å². The molecule has 0 aromatic heterocycles. The highest BCUT2D eigenvalue weighted by Crippen LogP contribution is 2.43. The topological polar surface area (TPSA) is 118 Å². The number of nitrogens with zero attached hydrogens (tertiary/aromatic N) is 3. The molecule has 2 aromatic carbocycles. The molecule has 0 radical (unpaired) electrons. The Morgan fingerprint density at radius 2 is 1.63 bits per heavy atom. The quantitative estimate of drug-likeness (QED) is 0.154. The van der Waals surface area contributed by atoms with Gasteiger partial charge >= 0.3 is 0 Å². The van der Waals surface area contributed by atoms with E-state index in [4.69, 9.17) is 11.6 Å². The molecular weight excluding hydrogens is 610 g/mol. The van der Waals surface area contributed by atoms with Crippen LogP contribution in [0.2, 0.25) is 5.02 Å². The van der Waals surface area contributed by atoms with Crippen molar-refractivity contribution < 1.29 is 24.1 Å². The lowest BCUT2D eigenvalue weighted by atomic mass is 9.81. The van der Waals surface area contributed by atoms with E-state index in [1.54, 1.807) is 12.1 Å². The van der Waals surface area contributed by atoms with E-state index >= 15 is 0 Å². The summed E-state index contributed by atoms with van der Waals surface area (Å²) in [6.45, 7) is -0.683. The van der Waals surface area contributed by atoms with Gasteiger partial charge in [-0.25, -0.2) is 5.01 Å². The smallest absolute Gasteiger partial charge is 0.274 e. The van der Waals surface area contributed by atoms with E-state index in [1.807, 2.05) is 0 Å². The van der Waals surface area contributed by atoms with Gasteiger partial charge in [0.15, 0.2) is 5.78 Å². The Kier molecular flexibility index (Phi) is 7.39. The normalized spacial score (nSPS) is 23.7. The molecule has 1 aliphatic heterocycles. The Bertz CT molecular complexity index is 1210. The number of imide groups is 1. The highest BCUT2D eigenvalue weighted by Gasteiger charge is 2.54. The fourth-order valence-electron chi connectivity index (χ4n) is 4.34. The van der Waals surface area contributed by atoms with E-state index in [1.165, 1.54) is 30.3 Å². The van der Waals surface area contributed by atoms with Crippen molar-refractivity contribution in [1.82, 2.24) is 10.0 Å². The second kappa shape index (κ2) is 10.2. The molecule has 1 heterocycles. The van der Waals surface area contributed by atoms with Crippen LogP contribution < -0.4 is 0 Å². The number of carbonyl (C=O) groups is 4. The molecule has 0 bridgehead atoms. The fourth-order valence-corrected chi connectivity index (χ4v) is 5.80. The molecule has 12 heteroatoms. The van der Waals surface area contributed by atoms with Crippen LogP contribution in [0.1, 0.15) is 33.6 Å². The highest BCUT2D eigenvalue weighted by atomic mass is 79.9. The molecule has 1 saturated heterocycles. The number of rotatable bonds is 6. The van der Waals surface area contributed by atoms with Crippen LogP contribution in [0.5, 0.6) is 0 Å². The van der Waals surface area contributed by atoms with Crippen LogP contribution in [-0.4, -0.2) is 54.6 Å². The predicted molar refractivity (Wildman–Crippen MR) is 133 cm³/mol. The van der Waals surface area contributed by atoms with Crippen molar-refractivity contribution in [2.45, 2.75) is 22.5 Å². The number of non-ortho nitro benzene ring substituents is 1. The number of hydrogen-bond acceptors (Lipinski definition) is 6. The Balaban J connectivity index is 1.72. The van der Waals surface area contributed by atoms with Crippen molar-refractivity contribution in [2.75, 3.05) is 6.54 Å². The molecule has 0 N–H and O–H groups in total. The van der Waals surface area contributed by atoms with Gasteiger partial charge in [0.25, 0.3) is 23.4 Å². The van der Waals surface area contributed by atoms with E-state index in [2.05, 4.69) is 31.9 Å². The van der Waals surface area contributed by atoms with Gasteiger partial charge in [0.2, 0.25) is 0 Å². The highest BCUT2D eigenvalue weighted by molar-refractivity contribution is 9.12. The summed E-state index contributed by atoms with van der Waals surface area (Å²) in [4.78, 5) is 63.8. The van der Waals surface area contributed by atoms with E-state index in [-0.39, 0.29) is 31.5 Å². The zero-order chi connectivity index (χ0) is 25.4.